The van der Waals surface area contributed by atoms with Crippen molar-refractivity contribution in [3.8, 4) is 0 Å². The van der Waals surface area contributed by atoms with Gasteiger partial charge in [0.15, 0.2) is 6.29 Å². The standard InChI is InChI=1S/C11H12N2O3/c1-3-16-11(15)9-5-10-8(12-9)4-7(6-14)13(10)2/h4-6,12H,3H2,1-2H3. The molecule has 2 rings (SSSR count). The van der Waals surface area contributed by atoms with Crippen molar-refractivity contribution in [1.29, 1.82) is 0 Å². The molecule has 0 amide bonds. The summed E-state index contributed by atoms with van der Waals surface area (Å²) in [5, 5.41) is 0. The molecular weight excluding hydrogens is 208 g/mol. The Morgan fingerprint density at radius 3 is 2.88 bits per heavy atom. The number of aldehydes is 1. The maximum absolute atomic E-state index is 11.4. The number of hydrogen-bond acceptors (Lipinski definition) is 3. The summed E-state index contributed by atoms with van der Waals surface area (Å²) in [5.74, 6) is -0.383. The average molecular weight is 220 g/mol. The molecule has 0 radical (unpaired) electrons. The van der Waals surface area contributed by atoms with Crippen molar-refractivity contribution in [2.75, 3.05) is 6.61 Å². The number of aromatic nitrogens is 2. The first-order chi connectivity index (χ1) is 7.67. The number of nitrogens with zero attached hydrogens (tertiary/aromatic N) is 1. The van der Waals surface area contributed by atoms with Crippen molar-refractivity contribution in [3.63, 3.8) is 0 Å². The fourth-order valence-corrected chi connectivity index (χ4v) is 1.66. The highest BCUT2D eigenvalue weighted by atomic mass is 16.5. The molecule has 1 N–H and O–H groups in total. The second kappa shape index (κ2) is 3.84. The van der Waals surface area contributed by atoms with Crippen LogP contribution in [0.1, 0.15) is 27.9 Å². The van der Waals surface area contributed by atoms with Crippen LogP contribution < -0.4 is 0 Å². The van der Waals surface area contributed by atoms with Gasteiger partial charge >= 0.3 is 5.97 Å². The zero-order valence-corrected chi connectivity index (χ0v) is 9.11. The third kappa shape index (κ3) is 1.50. The molecular formula is C11H12N2O3. The maximum atomic E-state index is 11.4. The van der Waals surface area contributed by atoms with Gasteiger partial charge in [0, 0.05) is 7.05 Å². The van der Waals surface area contributed by atoms with E-state index in [0.29, 0.717) is 18.0 Å². The monoisotopic (exact) mass is 220 g/mol. The molecule has 0 aromatic carbocycles. The van der Waals surface area contributed by atoms with Gasteiger partial charge in [0.1, 0.15) is 5.69 Å². The van der Waals surface area contributed by atoms with Crippen LogP contribution in [0.25, 0.3) is 11.0 Å². The third-order valence-electron chi connectivity index (χ3n) is 2.48. The number of ether oxygens (including phenoxy) is 1. The van der Waals surface area contributed by atoms with Crippen molar-refractivity contribution < 1.29 is 14.3 Å². The number of esters is 1. The van der Waals surface area contributed by atoms with Crippen molar-refractivity contribution >= 4 is 23.3 Å². The van der Waals surface area contributed by atoms with Crippen LogP contribution in [-0.2, 0) is 11.8 Å². The predicted molar refractivity (Wildman–Crippen MR) is 58.6 cm³/mol. The Labute approximate surface area is 92.0 Å². The van der Waals surface area contributed by atoms with Gasteiger partial charge in [0.25, 0.3) is 0 Å². The zero-order chi connectivity index (χ0) is 11.7. The number of fused-ring (bicyclic) bond motifs is 1. The number of carbonyl (C=O) groups is 2. The van der Waals surface area contributed by atoms with Gasteiger partial charge in [-0.05, 0) is 19.1 Å². The first kappa shape index (κ1) is 10.5. The van der Waals surface area contributed by atoms with Crippen molar-refractivity contribution in [3.05, 3.63) is 23.5 Å². The van der Waals surface area contributed by atoms with E-state index in [2.05, 4.69) is 4.98 Å². The quantitative estimate of drug-likeness (QED) is 0.629. The molecule has 2 aromatic heterocycles. The Morgan fingerprint density at radius 2 is 2.31 bits per heavy atom. The molecule has 5 heteroatoms. The smallest absolute Gasteiger partial charge is 0.354 e. The van der Waals surface area contributed by atoms with E-state index in [1.165, 1.54) is 0 Å². The minimum absolute atomic E-state index is 0.341. The van der Waals surface area contributed by atoms with Gasteiger partial charge < -0.3 is 14.3 Å². The number of aryl methyl sites for hydroxylation is 1. The summed E-state index contributed by atoms with van der Waals surface area (Å²) >= 11 is 0. The SMILES string of the molecule is CCOC(=O)c1cc2c(cc(C=O)n2C)[nH]1. The summed E-state index contributed by atoms with van der Waals surface area (Å²) in [4.78, 5) is 25.1. The molecule has 0 fully saturated rings. The van der Waals surface area contributed by atoms with Crippen molar-refractivity contribution in [2.24, 2.45) is 7.05 Å². The summed E-state index contributed by atoms with van der Waals surface area (Å²) in [6, 6.07) is 3.38. The van der Waals surface area contributed by atoms with Crippen LogP contribution in [0.5, 0.6) is 0 Å². The highest BCUT2D eigenvalue weighted by molar-refractivity contribution is 5.96. The van der Waals surface area contributed by atoms with Crippen molar-refractivity contribution in [1.82, 2.24) is 9.55 Å². The van der Waals surface area contributed by atoms with Gasteiger partial charge in [-0.15, -0.1) is 0 Å². The molecule has 0 unspecified atom stereocenters. The lowest BCUT2D eigenvalue weighted by molar-refractivity contribution is 0.0520. The van der Waals surface area contributed by atoms with E-state index in [1.54, 1.807) is 30.7 Å². The molecule has 0 aliphatic carbocycles. The minimum atomic E-state index is -0.383. The molecule has 2 heterocycles. The van der Waals surface area contributed by atoms with Gasteiger partial charge in [-0.2, -0.15) is 0 Å². The predicted octanol–water partition coefficient (Wildman–Crippen LogP) is 1.50. The molecule has 0 aliphatic rings. The van der Waals surface area contributed by atoms with E-state index in [9.17, 15) is 9.59 Å². The lowest BCUT2D eigenvalue weighted by atomic mass is 10.4. The zero-order valence-electron chi connectivity index (χ0n) is 9.11. The Morgan fingerprint density at radius 1 is 1.56 bits per heavy atom. The molecule has 0 saturated carbocycles. The molecule has 0 spiro atoms. The second-order valence-corrected chi connectivity index (χ2v) is 3.45. The highest BCUT2D eigenvalue weighted by Crippen LogP contribution is 2.19. The van der Waals surface area contributed by atoms with Crippen molar-refractivity contribution in [2.45, 2.75) is 6.92 Å². The first-order valence-corrected chi connectivity index (χ1v) is 4.98. The number of nitrogens with one attached hydrogen (secondary N) is 1. The fourth-order valence-electron chi connectivity index (χ4n) is 1.66. The van der Waals surface area contributed by atoms with E-state index in [4.69, 9.17) is 4.74 Å². The molecule has 2 aromatic rings. The highest BCUT2D eigenvalue weighted by Gasteiger charge is 2.13. The number of rotatable bonds is 3. The Balaban J connectivity index is 2.46. The lowest BCUT2D eigenvalue weighted by Crippen LogP contribution is -2.04. The average Bonchev–Trinajstić information content (AvgIpc) is 2.79. The molecule has 0 saturated heterocycles. The normalized spacial score (nSPS) is 10.6. The summed E-state index contributed by atoms with van der Waals surface area (Å²) in [5.41, 5.74) is 2.54. The topological polar surface area (TPSA) is 64.1 Å². The van der Waals surface area contributed by atoms with E-state index in [1.807, 2.05) is 0 Å². The van der Waals surface area contributed by atoms with Gasteiger partial charge in [0.05, 0.1) is 23.3 Å². The van der Waals surface area contributed by atoms with Gasteiger partial charge in [0.2, 0.25) is 0 Å². The molecule has 16 heavy (non-hydrogen) atoms. The van der Waals surface area contributed by atoms with Gasteiger partial charge in [-0.25, -0.2) is 4.79 Å². The lowest BCUT2D eigenvalue weighted by Gasteiger charge is -1.97. The van der Waals surface area contributed by atoms with Crippen LogP contribution in [0.4, 0.5) is 0 Å². The Kier molecular flexibility index (Phi) is 2.52. The Hall–Kier alpha value is -2.04. The molecule has 0 bridgehead atoms. The molecule has 5 nitrogen and oxygen atoms in total. The number of hydrogen-bond donors (Lipinski definition) is 1. The Bertz CT molecular complexity index is 551. The molecule has 0 aliphatic heterocycles. The maximum Gasteiger partial charge on any atom is 0.354 e. The summed E-state index contributed by atoms with van der Waals surface area (Å²) in [7, 11) is 1.77. The summed E-state index contributed by atoms with van der Waals surface area (Å²) in [6.07, 6.45) is 0.776. The fraction of sp³-hybridized carbons (Fsp3) is 0.273. The van der Waals surface area contributed by atoms with Crippen LogP contribution >= 0.6 is 0 Å². The van der Waals surface area contributed by atoms with Crippen LogP contribution in [0.15, 0.2) is 12.1 Å². The first-order valence-electron chi connectivity index (χ1n) is 4.98. The van der Waals surface area contributed by atoms with E-state index >= 15 is 0 Å². The van der Waals surface area contributed by atoms with Crippen LogP contribution in [0.2, 0.25) is 0 Å². The van der Waals surface area contributed by atoms with Crippen LogP contribution in [0, 0.1) is 0 Å². The molecule has 84 valence electrons. The van der Waals surface area contributed by atoms with Crippen LogP contribution in [-0.4, -0.2) is 28.4 Å². The molecule has 0 atom stereocenters. The number of carbonyl (C=O) groups excluding carboxylic acids is 2. The van der Waals surface area contributed by atoms with E-state index < -0.39 is 0 Å². The van der Waals surface area contributed by atoms with Gasteiger partial charge in [-0.1, -0.05) is 0 Å². The number of H-pyrrole nitrogens is 1. The van der Waals surface area contributed by atoms with E-state index in [-0.39, 0.29) is 5.97 Å². The number of aromatic amines is 1. The van der Waals surface area contributed by atoms with Crippen LogP contribution in [0.3, 0.4) is 0 Å². The summed E-state index contributed by atoms with van der Waals surface area (Å²) < 4.78 is 6.60. The van der Waals surface area contributed by atoms with Gasteiger partial charge in [-0.3, -0.25) is 4.79 Å². The third-order valence-corrected chi connectivity index (χ3v) is 2.48. The van der Waals surface area contributed by atoms with E-state index in [0.717, 1.165) is 17.3 Å². The second-order valence-electron chi connectivity index (χ2n) is 3.45. The minimum Gasteiger partial charge on any atom is -0.461 e. The largest absolute Gasteiger partial charge is 0.461 e. The summed E-state index contributed by atoms with van der Waals surface area (Å²) in [6.45, 7) is 2.10.